The highest BCUT2D eigenvalue weighted by atomic mass is 16.6. The van der Waals surface area contributed by atoms with Crippen LogP contribution in [0.25, 0.3) is 0 Å². The predicted molar refractivity (Wildman–Crippen MR) is 50.4 cm³/mol. The van der Waals surface area contributed by atoms with Crippen molar-refractivity contribution < 1.29 is 9.53 Å². The molecule has 0 radical (unpaired) electrons. The molecule has 2 N–H and O–H groups in total. The van der Waals surface area contributed by atoms with Gasteiger partial charge in [0.1, 0.15) is 0 Å². The summed E-state index contributed by atoms with van der Waals surface area (Å²) in [6.45, 7) is 3.92. The lowest BCUT2D eigenvalue weighted by Crippen LogP contribution is -2.45. The minimum absolute atomic E-state index is 0.128. The molecule has 0 spiro atoms. The molecule has 0 aromatic carbocycles. The van der Waals surface area contributed by atoms with Crippen LogP contribution in [0, 0.1) is 0 Å². The highest BCUT2D eigenvalue weighted by Gasteiger charge is 2.21. The molecule has 0 aliphatic carbocycles. The number of nitrogens with zero attached hydrogens (tertiary/aromatic N) is 1. The third-order valence-corrected chi connectivity index (χ3v) is 2.15. The van der Waals surface area contributed by atoms with Gasteiger partial charge < -0.3 is 15.4 Å². The Hall–Kier alpha value is -0.770. The summed E-state index contributed by atoms with van der Waals surface area (Å²) in [6.07, 6.45) is 2.66. The summed E-state index contributed by atoms with van der Waals surface area (Å²) in [4.78, 5) is 13.0. The number of nitrogens with two attached hydrogens (primary N) is 1. The normalized spacial score (nSPS) is 22.9. The summed E-state index contributed by atoms with van der Waals surface area (Å²) in [5.74, 6) is 0. The van der Waals surface area contributed by atoms with E-state index in [-0.39, 0.29) is 12.1 Å². The van der Waals surface area contributed by atoms with E-state index in [0.29, 0.717) is 13.2 Å². The van der Waals surface area contributed by atoms with Crippen LogP contribution in [0.5, 0.6) is 0 Å². The van der Waals surface area contributed by atoms with Crippen molar-refractivity contribution >= 4 is 6.09 Å². The summed E-state index contributed by atoms with van der Waals surface area (Å²) >= 11 is 0. The Balaban J connectivity index is 2.28. The molecule has 0 saturated carbocycles. The molecule has 1 rings (SSSR count). The standard InChI is InChI=1S/C9H18N2O2/c1-2-6-13-9(12)11-5-3-4-8(10)7-11/h8H,2-7,10H2,1H3. The molecule has 1 unspecified atom stereocenters. The highest BCUT2D eigenvalue weighted by molar-refractivity contribution is 5.67. The van der Waals surface area contributed by atoms with E-state index in [1.54, 1.807) is 4.90 Å². The van der Waals surface area contributed by atoms with Crippen LogP contribution < -0.4 is 5.73 Å². The van der Waals surface area contributed by atoms with Crippen LogP contribution in [-0.2, 0) is 4.74 Å². The van der Waals surface area contributed by atoms with Gasteiger partial charge in [0.15, 0.2) is 0 Å². The van der Waals surface area contributed by atoms with Crippen LogP contribution in [0.3, 0.4) is 0 Å². The zero-order chi connectivity index (χ0) is 9.68. The van der Waals surface area contributed by atoms with E-state index in [4.69, 9.17) is 10.5 Å². The number of rotatable bonds is 2. The zero-order valence-electron chi connectivity index (χ0n) is 8.16. The Kier molecular flexibility index (Phi) is 4.02. The maximum atomic E-state index is 11.4. The van der Waals surface area contributed by atoms with Gasteiger partial charge in [0.05, 0.1) is 6.61 Å². The lowest BCUT2D eigenvalue weighted by atomic mass is 10.1. The highest BCUT2D eigenvalue weighted by Crippen LogP contribution is 2.09. The first-order valence-corrected chi connectivity index (χ1v) is 4.91. The Morgan fingerprint density at radius 1 is 1.69 bits per heavy atom. The van der Waals surface area contributed by atoms with Crippen molar-refractivity contribution in [2.75, 3.05) is 19.7 Å². The van der Waals surface area contributed by atoms with Gasteiger partial charge in [-0.1, -0.05) is 6.92 Å². The van der Waals surface area contributed by atoms with Crippen LogP contribution in [0.2, 0.25) is 0 Å². The van der Waals surface area contributed by atoms with Crippen molar-refractivity contribution in [3.63, 3.8) is 0 Å². The number of hydrogen-bond acceptors (Lipinski definition) is 3. The van der Waals surface area contributed by atoms with Gasteiger partial charge in [-0.25, -0.2) is 4.79 Å². The van der Waals surface area contributed by atoms with Crippen LogP contribution >= 0.6 is 0 Å². The molecule has 0 aromatic rings. The zero-order valence-corrected chi connectivity index (χ0v) is 8.16. The van der Waals surface area contributed by atoms with E-state index in [2.05, 4.69) is 0 Å². The number of likely N-dealkylation sites (tertiary alicyclic amines) is 1. The van der Waals surface area contributed by atoms with Gasteiger partial charge in [-0.15, -0.1) is 0 Å². The molecule has 13 heavy (non-hydrogen) atoms. The SMILES string of the molecule is CCCOC(=O)N1CCCC(N)C1. The number of ether oxygens (including phenoxy) is 1. The van der Waals surface area contributed by atoms with Crippen molar-refractivity contribution in [3.05, 3.63) is 0 Å². The number of carbonyl (C=O) groups is 1. The Morgan fingerprint density at radius 3 is 3.08 bits per heavy atom. The maximum absolute atomic E-state index is 11.4. The van der Waals surface area contributed by atoms with Crippen molar-refractivity contribution in [1.82, 2.24) is 4.90 Å². The van der Waals surface area contributed by atoms with E-state index < -0.39 is 0 Å². The molecule has 1 aliphatic rings. The molecule has 1 saturated heterocycles. The molecule has 0 bridgehead atoms. The van der Waals surface area contributed by atoms with Crippen LogP contribution in [0.1, 0.15) is 26.2 Å². The predicted octanol–water partition coefficient (Wildman–Crippen LogP) is 0.956. The molecular formula is C9H18N2O2. The third kappa shape index (κ3) is 3.22. The second kappa shape index (κ2) is 5.07. The van der Waals surface area contributed by atoms with Gasteiger partial charge in [0.25, 0.3) is 0 Å². The molecule has 1 amide bonds. The summed E-state index contributed by atoms with van der Waals surface area (Å²) in [7, 11) is 0. The van der Waals surface area contributed by atoms with Crippen molar-refractivity contribution in [3.8, 4) is 0 Å². The van der Waals surface area contributed by atoms with E-state index >= 15 is 0 Å². The average Bonchev–Trinajstić information content (AvgIpc) is 2.14. The molecule has 0 aromatic heterocycles. The Morgan fingerprint density at radius 2 is 2.46 bits per heavy atom. The van der Waals surface area contributed by atoms with Crippen molar-refractivity contribution in [2.24, 2.45) is 5.73 Å². The smallest absolute Gasteiger partial charge is 0.409 e. The fraction of sp³-hybridized carbons (Fsp3) is 0.889. The molecular weight excluding hydrogens is 168 g/mol. The largest absolute Gasteiger partial charge is 0.449 e. The number of carbonyl (C=O) groups excluding carboxylic acids is 1. The van der Waals surface area contributed by atoms with Crippen molar-refractivity contribution in [2.45, 2.75) is 32.2 Å². The second-order valence-electron chi connectivity index (χ2n) is 3.46. The Labute approximate surface area is 79.0 Å². The van der Waals surface area contributed by atoms with E-state index in [1.165, 1.54) is 0 Å². The molecule has 1 heterocycles. The molecule has 4 heteroatoms. The lowest BCUT2D eigenvalue weighted by molar-refractivity contribution is 0.0919. The van der Waals surface area contributed by atoms with Gasteiger partial charge in [-0.05, 0) is 19.3 Å². The number of amides is 1. The van der Waals surface area contributed by atoms with Gasteiger partial charge in [-0.2, -0.15) is 0 Å². The monoisotopic (exact) mass is 186 g/mol. The summed E-state index contributed by atoms with van der Waals surface area (Å²) in [6, 6.07) is 0.128. The fourth-order valence-corrected chi connectivity index (χ4v) is 1.46. The molecule has 1 atom stereocenters. The van der Waals surface area contributed by atoms with Gasteiger partial charge >= 0.3 is 6.09 Å². The van der Waals surface area contributed by atoms with Gasteiger partial charge in [-0.3, -0.25) is 0 Å². The topological polar surface area (TPSA) is 55.6 Å². The minimum atomic E-state index is -0.211. The van der Waals surface area contributed by atoms with Gasteiger partial charge in [0, 0.05) is 19.1 Å². The summed E-state index contributed by atoms with van der Waals surface area (Å²) in [5.41, 5.74) is 5.74. The van der Waals surface area contributed by atoms with Gasteiger partial charge in [0.2, 0.25) is 0 Å². The lowest BCUT2D eigenvalue weighted by Gasteiger charge is -2.29. The Bertz CT molecular complexity index is 173. The van der Waals surface area contributed by atoms with Crippen molar-refractivity contribution in [1.29, 1.82) is 0 Å². The molecule has 1 aliphatic heterocycles. The molecule has 4 nitrogen and oxygen atoms in total. The minimum Gasteiger partial charge on any atom is -0.449 e. The molecule has 76 valence electrons. The maximum Gasteiger partial charge on any atom is 0.409 e. The molecule has 1 fully saturated rings. The number of piperidine rings is 1. The third-order valence-electron chi connectivity index (χ3n) is 2.15. The first kappa shape index (κ1) is 10.3. The summed E-state index contributed by atoms with van der Waals surface area (Å²) < 4.78 is 5.01. The van der Waals surface area contributed by atoms with E-state index in [1.807, 2.05) is 6.92 Å². The van der Waals surface area contributed by atoms with E-state index in [0.717, 1.165) is 25.8 Å². The van der Waals surface area contributed by atoms with Crippen LogP contribution in [-0.4, -0.2) is 36.7 Å². The average molecular weight is 186 g/mol. The number of hydrogen-bond donors (Lipinski definition) is 1. The second-order valence-corrected chi connectivity index (χ2v) is 3.46. The van der Waals surface area contributed by atoms with Crippen LogP contribution in [0.15, 0.2) is 0 Å². The first-order valence-electron chi connectivity index (χ1n) is 4.91. The first-order chi connectivity index (χ1) is 6.24. The quantitative estimate of drug-likeness (QED) is 0.698. The van der Waals surface area contributed by atoms with E-state index in [9.17, 15) is 4.79 Å². The van der Waals surface area contributed by atoms with Crippen LogP contribution in [0.4, 0.5) is 4.79 Å². The summed E-state index contributed by atoms with van der Waals surface area (Å²) in [5, 5.41) is 0. The fourth-order valence-electron chi connectivity index (χ4n) is 1.46.